The highest BCUT2D eigenvalue weighted by Gasteiger charge is 2.21. The van der Waals surface area contributed by atoms with E-state index in [2.05, 4.69) is 20.6 Å². The van der Waals surface area contributed by atoms with Crippen molar-refractivity contribution in [1.29, 1.82) is 0 Å². The predicted molar refractivity (Wildman–Crippen MR) is 136 cm³/mol. The first-order chi connectivity index (χ1) is 16.9. The zero-order valence-corrected chi connectivity index (χ0v) is 20.4. The zero-order chi connectivity index (χ0) is 24.9. The summed E-state index contributed by atoms with van der Waals surface area (Å²) in [5, 5.41) is 6.32. The lowest BCUT2D eigenvalue weighted by molar-refractivity contribution is 0.102. The van der Waals surface area contributed by atoms with E-state index in [1.54, 1.807) is 13.3 Å². The number of pyridine rings is 1. The number of anilines is 2. The van der Waals surface area contributed by atoms with Crippen LogP contribution in [0.25, 0.3) is 5.69 Å². The van der Waals surface area contributed by atoms with Gasteiger partial charge in [-0.05, 0) is 61.6 Å². The van der Waals surface area contributed by atoms with E-state index in [1.807, 2.05) is 38.2 Å². The number of hydrogen-bond donors (Lipinski definition) is 3. The maximum atomic E-state index is 13.4. The number of benzene rings is 1. The number of aromatic nitrogens is 3. The molecule has 0 saturated carbocycles. The number of nitrogens with one attached hydrogen (secondary N) is 2. The predicted octanol–water partition coefficient (Wildman–Crippen LogP) is 3.43. The molecule has 0 radical (unpaired) electrons. The third-order valence-electron chi connectivity index (χ3n) is 6.31. The van der Waals surface area contributed by atoms with Gasteiger partial charge in [0.1, 0.15) is 17.7 Å². The average Bonchev–Trinajstić information content (AvgIpc) is 3.10. The summed E-state index contributed by atoms with van der Waals surface area (Å²) in [6.07, 6.45) is 9.25. The highest BCUT2D eigenvalue weighted by Crippen LogP contribution is 2.25. The number of carbonyl (C=O) groups is 1. The lowest BCUT2D eigenvalue weighted by Gasteiger charge is -2.17. The number of rotatable bonds is 6. The number of ether oxygens (including phenoxy) is 1. The van der Waals surface area contributed by atoms with Gasteiger partial charge in [0.15, 0.2) is 0 Å². The van der Waals surface area contributed by atoms with E-state index in [0.717, 1.165) is 48.1 Å². The van der Waals surface area contributed by atoms with Crippen molar-refractivity contribution in [2.45, 2.75) is 52.2 Å². The number of hydrogen-bond acceptors (Lipinski definition) is 7. The van der Waals surface area contributed by atoms with Gasteiger partial charge >= 0.3 is 0 Å². The maximum absolute atomic E-state index is 13.4. The van der Waals surface area contributed by atoms with E-state index in [9.17, 15) is 9.59 Å². The summed E-state index contributed by atoms with van der Waals surface area (Å²) in [6, 6.07) is 5.98. The molecule has 1 amide bonds. The fourth-order valence-corrected chi connectivity index (χ4v) is 4.74. The van der Waals surface area contributed by atoms with E-state index in [-0.39, 0.29) is 17.4 Å². The molecule has 1 atom stereocenters. The van der Waals surface area contributed by atoms with E-state index >= 15 is 0 Å². The summed E-state index contributed by atoms with van der Waals surface area (Å²) in [5.41, 5.74) is 10.2. The Balaban J connectivity index is 1.64. The fourth-order valence-electron chi connectivity index (χ4n) is 4.74. The molecule has 0 spiro atoms. The molecule has 4 rings (SSSR count). The molecule has 2 aromatic heterocycles. The largest absolute Gasteiger partial charge is 0.383 e. The van der Waals surface area contributed by atoms with Gasteiger partial charge in [0.25, 0.3) is 11.5 Å². The van der Waals surface area contributed by atoms with Gasteiger partial charge in [-0.25, -0.2) is 4.98 Å². The molecule has 9 nitrogen and oxygen atoms in total. The molecule has 1 fully saturated rings. The summed E-state index contributed by atoms with van der Waals surface area (Å²) in [7, 11) is 1.64. The van der Waals surface area contributed by atoms with Crippen LogP contribution in [0.4, 0.5) is 11.5 Å². The smallest absolute Gasteiger partial charge is 0.272 e. The van der Waals surface area contributed by atoms with Crippen molar-refractivity contribution >= 4 is 17.4 Å². The highest BCUT2D eigenvalue weighted by atomic mass is 16.5. The Morgan fingerprint density at radius 1 is 1.20 bits per heavy atom. The average molecular weight is 477 g/mol. The van der Waals surface area contributed by atoms with Crippen LogP contribution in [0.5, 0.6) is 0 Å². The Hall–Kier alpha value is -3.56. The second kappa shape index (κ2) is 10.8. The third-order valence-corrected chi connectivity index (χ3v) is 6.31. The SMILES string of the molecule is COCc1cc(C)c(-n2cnc(N)c(C(=O)Nc3cncc([C@H]4CCCCCN4)c3)c2=O)c(C)c1. The van der Waals surface area contributed by atoms with Gasteiger partial charge in [0.05, 0.1) is 24.2 Å². The standard InChI is InChI=1S/C26H32N6O3/c1-16-9-18(14-35-3)10-17(2)23(16)32-15-30-24(27)22(26(32)34)25(33)31-20-11-19(12-28-13-20)21-7-5-4-6-8-29-21/h9-13,15,21,29H,4-8,14,27H2,1-3H3,(H,31,33)/t21-/m1/s1. The number of methoxy groups -OCH3 is 1. The summed E-state index contributed by atoms with van der Waals surface area (Å²) in [5.74, 6) is -0.738. The molecule has 35 heavy (non-hydrogen) atoms. The molecule has 1 saturated heterocycles. The molecule has 0 aliphatic carbocycles. The first-order valence-corrected chi connectivity index (χ1v) is 11.8. The van der Waals surface area contributed by atoms with Crippen molar-refractivity contribution in [3.8, 4) is 5.69 Å². The Morgan fingerprint density at radius 2 is 1.97 bits per heavy atom. The number of nitrogen functional groups attached to an aromatic ring is 1. The minimum absolute atomic E-state index is 0.121. The van der Waals surface area contributed by atoms with Gasteiger partial charge in [-0.15, -0.1) is 0 Å². The molecule has 0 bridgehead atoms. The van der Waals surface area contributed by atoms with Gasteiger partial charge in [0.2, 0.25) is 0 Å². The Kier molecular flexibility index (Phi) is 7.57. The van der Waals surface area contributed by atoms with E-state index in [1.165, 1.54) is 17.3 Å². The van der Waals surface area contributed by atoms with E-state index in [0.29, 0.717) is 18.0 Å². The number of nitrogens with zero attached hydrogens (tertiary/aromatic N) is 3. The summed E-state index contributed by atoms with van der Waals surface area (Å²) < 4.78 is 6.60. The van der Waals surface area contributed by atoms with Crippen molar-refractivity contribution in [1.82, 2.24) is 19.9 Å². The lowest BCUT2D eigenvalue weighted by Crippen LogP contribution is -2.31. The van der Waals surface area contributed by atoms with Crippen molar-refractivity contribution < 1.29 is 9.53 Å². The molecule has 184 valence electrons. The number of aryl methyl sites for hydroxylation is 2. The van der Waals surface area contributed by atoms with Crippen LogP contribution < -0.4 is 21.9 Å². The molecule has 1 aromatic carbocycles. The van der Waals surface area contributed by atoms with Crippen LogP contribution >= 0.6 is 0 Å². The quantitative estimate of drug-likeness (QED) is 0.498. The van der Waals surface area contributed by atoms with Crippen molar-refractivity contribution in [3.05, 3.63) is 75.1 Å². The zero-order valence-electron chi connectivity index (χ0n) is 20.4. The number of amides is 1. The van der Waals surface area contributed by atoms with Crippen LogP contribution in [0, 0.1) is 13.8 Å². The first-order valence-electron chi connectivity index (χ1n) is 11.8. The Labute approximate surface area is 204 Å². The molecule has 1 aliphatic heterocycles. The first kappa shape index (κ1) is 24.6. The van der Waals surface area contributed by atoms with Crippen molar-refractivity contribution in [2.75, 3.05) is 24.7 Å². The minimum Gasteiger partial charge on any atom is -0.383 e. The van der Waals surface area contributed by atoms with Gasteiger partial charge < -0.3 is 21.1 Å². The Bertz CT molecular complexity index is 1260. The van der Waals surface area contributed by atoms with Crippen LogP contribution in [0.3, 0.4) is 0 Å². The molecular weight excluding hydrogens is 444 g/mol. The molecule has 4 N–H and O–H groups in total. The van der Waals surface area contributed by atoms with Crippen molar-refractivity contribution in [3.63, 3.8) is 0 Å². The molecule has 3 heterocycles. The van der Waals surface area contributed by atoms with Gasteiger partial charge in [0, 0.05) is 19.3 Å². The summed E-state index contributed by atoms with van der Waals surface area (Å²) in [6.45, 7) is 5.23. The maximum Gasteiger partial charge on any atom is 0.272 e. The molecule has 9 heteroatoms. The Morgan fingerprint density at radius 3 is 2.71 bits per heavy atom. The number of nitrogens with two attached hydrogens (primary N) is 1. The molecular formula is C26H32N6O3. The topological polar surface area (TPSA) is 124 Å². The normalized spacial score (nSPS) is 16.0. The molecule has 0 unspecified atom stereocenters. The van der Waals surface area contributed by atoms with Gasteiger partial charge in [-0.3, -0.25) is 19.1 Å². The van der Waals surface area contributed by atoms with Crippen LogP contribution in [-0.2, 0) is 11.3 Å². The summed E-state index contributed by atoms with van der Waals surface area (Å²) in [4.78, 5) is 35.1. The van der Waals surface area contributed by atoms with Gasteiger partial charge in [-0.1, -0.05) is 25.0 Å². The molecule has 1 aliphatic rings. The summed E-state index contributed by atoms with van der Waals surface area (Å²) >= 11 is 0. The number of carbonyl (C=O) groups excluding carboxylic acids is 1. The second-order valence-corrected chi connectivity index (χ2v) is 9.01. The van der Waals surface area contributed by atoms with Crippen molar-refractivity contribution in [2.24, 2.45) is 0 Å². The van der Waals surface area contributed by atoms with E-state index < -0.39 is 11.5 Å². The van der Waals surface area contributed by atoms with Crippen LogP contribution in [-0.4, -0.2) is 34.1 Å². The second-order valence-electron chi connectivity index (χ2n) is 9.01. The van der Waals surface area contributed by atoms with Crippen LogP contribution in [0.2, 0.25) is 0 Å². The monoisotopic (exact) mass is 476 g/mol. The van der Waals surface area contributed by atoms with Crippen LogP contribution in [0.15, 0.2) is 41.7 Å². The fraction of sp³-hybridized carbons (Fsp3) is 0.385. The lowest BCUT2D eigenvalue weighted by atomic mass is 10.0. The van der Waals surface area contributed by atoms with E-state index in [4.69, 9.17) is 10.5 Å². The molecule has 3 aromatic rings. The highest BCUT2D eigenvalue weighted by molar-refractivity contribution is 6.06. The minimum atomic E-state index is -0.617. The van der Waals surface area contributed by atoms with Crippen LogP contribution in [0.1, 0.15) is 64.3 Å². The third kappa shape index (κ3) is 5.41. The van der Waals surface area contributed by atoms with Gasteiger partial charge in [-0.2, -0.15) is 0 Å².